The van der Waals surface area contributed by atoms with Crippen LogP contribution in [0.3, 0.4) is 0 Å². The van der Waals surface area contributed by atoms with Gasteiger partial charge in [-0.25, -0.2) is 0 Å². The van der Waals surface area contributed by atoms with Crippen LogP contribution >= 0.6 is 0 Å². The van der Waals surface area contributed by atoms with E-state index >= 15 is 0 Å². The lowest BCUT2D eigenvalue weighted by Gasteiger charge is -2.47. The molecule has 2 rings (SSSR count). The van der Waals surface area contributed by atoms with Gasteiger partial charge in [0.05, 0.1) is 7.11 Å². The molecule has 1 atom stereocenters. The number of nitrogens with zero attached hydrogens (tertiary/aromatic N) is 2. The van der Waals surface area contributed by atoms with E-state index in [0.717, 1.165) is 19.6 Å². The van der Waals surface area contributed by atoms with E-state index in [4.69, 9.17) is 4.74 Å². The summed E-state index contributed by atoms with van der Waals surface area (Å²) >= 11 is 0. The zero-order chi connectivity index (χ0) is 15.0. The SMILES string of the molecule is COC(=O)C(C)(CN1CCN(C)C(C)(C)C1)NC1CC1. The Morgan fingerprint density at radius 3 is 2.55 bits per heavy atom. The maximum absolute atomic E-state index is 12.2. The third-order valence-corrected chi connectivity index (χ3v) is 4.67. The summed E-state index contributed by atoms with van der Waals surface area (Å²) in [6.45, 7) is 10.2. The van der Waals surface area contributed by atoms with Crippen LogP contribution in [0.4, 0.5) is 0 Å². The molecule has 5 nitrogen and oxygen atoms in total. The molecule has 0 spiro atoms. The van der Waals surface area contributed by atoms with Gasteiger partial charge in [0, 0.05) is 37.8 Å². The van der Waals surface area contributed by atoms with Crippen molar-refractivity contribution < 1.29 is 9.53 Å². The fraction of sp³-hybridized carbons (Fsp3) is 0.933. The topological polar surface area (TPSA) is 44.8 Å². The van der Waals surface area contributed by atoms with E-state index in [-0.39, 0.29) is 11.5 Å². The minimum absolute atomic E-state index is 0.148. The van der Waals surface area contributed by atoms with Crippen LogP contribution in [-0.2, 0) is 9.53 Å². The molecule has 20 heavy (non-hydrogen) atoms. The first-order chi connectivity index (χ1) is 9.27. The van der Waals surface area contributed by atoms with E-state index in [0.29, 0.717) is 12.6 Å². The van der Waals surface area contributed by atoms with Crippen molar-refractivity contribution in [2.75, 3.05) is 40.3 Å². The predicted molar refractivity (Wildman–Crippen MR) is 79.7 cm³/mol. The molecule has 0 aromatic carbocycles. The fourth-order valence-corrected chi connectivity index (χ4v) is 3.00. The highest BCUT2D eigenvalue weighted by Gasteiger charge is 2.42. The van der Waals surface area contributed by atoms with Gasteiger partial charge in [0.1, 0.15) is 5.54 Å². The summed E-state index contributed by atoms with van der Waals surface area (Å²) in [7, 11) is 3.64. The number of piperazine rings is 1. The highest BCUT2D eigenvalue weighted by Crippen LogP contribution is 2.25. The van der Waals surface area contributed by atoms with Crippen molar-refractivity contribution in [1.82, 2.24) is 15.1 Å². The van der Waals surface area contributed by atoms with Gasteiger partial charge in [-0.1, -0.05) is 0 Å². The summed E-state index contributed by atoms with van der Waals surface area (Å²) in [4.78, 5) is 16.9. The average molecular weight is 283 g/mol. The third kappa shape index (κ3) is 3.51. The van der Waals surface area contributed by atoms with Gasteiger partial charge in [-0.15, -0.1) is 0 Å². The fourth-order valence-electron chi connectivity index (χ4n) is 3.00. The molecule has 1 unspecified atom stereocenters. The first-order valence-electron chi connectivity index (χ1n) is 7.56. The minimum Gasteiger partial charge on any atom is -0.468 e. The number of carbonyl (C=O) groups excluding carboxylic acids is 1. The Morgan fingerprint density at radius 2 is 2.05 bits per heavy atom. The van der Waals surface area contributed by atoms with Crippen molar-refractivity contribution in [3.63, 3.8) is 0 Å². The van der Waals surface area contributed by atoms with E-state index in [9.17, 15) is 4.79 Å². The Balaban J connectivity index is 2.02. The van der Waals surface area contributed by atoms with Crippen LogP contribution in [0.25, 0.3) is 0 Å². The molecule has 2 aliphatic rings. The molecule has 0 amide bonds. The van der Waals surface area contributed by atoms with Gasteiger partial charge in [-0.3, -0.25) is 19.9 Å². The molecule has 5 heteroatoms. The summed E-state index contributed by atoms with van der Waals surface area (Å²) in [6, 6.07) is 0.486. The van der Waals surface area contributed by atoms with Crippen LogP contribution in [0.1, 0.15) is 33.6 Å². The molecule has 116 valence electrons. The van der Waals surface area contributed by atoms with Gasteiger partial charge in [-0.05, 0) is 40.7 Å². The summed E-state index contributed by atoms with van der Waals surface area (Å²) in [5.74, 6) is -0.152. The molecular weight excluding hydrogens is 254 g/mol. The van der Waals surface area contributed by atoms with Crippen molar-refractivity contribution in [3.05, 3.63) is 0 Å². The Kier molecular flexibility index (Phi) is 4.42. The van der Waals surface area contributed by atoms with Crippen LogP contribution in [-0.4, -0.2) is 73.2 Å². The van der Waals surface area contributed by atoms with E-state index in [1.165, 1.54) is 20.0 Å². The summed E-state index contributed by atoms with van der Waals surface area (Å²) in [5, 5.41) is 3.47. The van der Waals surface area contributed by atoms with E-state index in [2.05, 4.69) is 36.0 Å². The first kappa shape index (κ1) is 15.7. The zero-order valence-corrected chi connectivity index (χ0v) is 13.5. The van der Waals surface area contributed by atoms with Crippen LogP contribution < -0.4 is 5.32 Å². The number of ether oxygens (including phenoxy) is 1. The second-order valence-corrected chi connectivity index (χ2v) is 7.19. The molecule has 1 N–H and O–H groups in total. The van der Waals surface area contributed by atoms with Crippen LogP contribution in [0.2, 0.25) is 0 Å². The normalized spacial score (nSPS) is 27.1. The molecule has 1 saturated heterocycles. The number of nitrogens with one attached hydrogen (secondary N) is 1. The van der Waals surface area contributed by atoms with Crippen molar-refractivity contribution in [2.24, 2.45) is 0 Å². The van der Waals surface area contributed by atoms with E-state index in [1.54, 1.807) is 0 Å². The minimum atomic E-state index is -0.595. The smallest absolute Gasteiger partial charge is 0.327 e. The Bertz CT molecular complexity index is 368. The van der Waals surface area contributed by atoms with Crippen molar-refractivity contribution >= 4 is 5.97 Å². The molecule has 0 aromatic heterocycles. The molecular formula is C15H29N3O2. The maximum atomic E-state index is 12.2. The molecule has 0 aromatic rings. The quantitative estimate of drug-likeness (QED) is 0.752. The lowest BCUT2D eigenvalue weighted by molar-refractivity contribution is -0.149. The molecule has 1 saturated carbocycles. The highest BCUT2D eigenvalue weighted by molar-refractivity contribution is 5.80. The highest BCUT2D eigenvalue weighted by atomic mass is 16.5. The second-order valence-electron chi connectivity index (χ2n) is 7.19. The standard InChI is InChI=1S/C15H29N3O2/c1-14(2)10-18(9-8-17(14)4)11-15(3,13(19)20-5)16-12-6-7-12/h12,16H,6-11H2,1-5H3. The Labute approximate surface area is 122 Å². The van der Waals surface area contributed by atoms with Gasteiger partial charge in [0.25, 0.3) is 0 Å². The molecule has 1 aliphatic carbocycles. The lowest BCUT2D eigenvalue weighted by Crippen LogP contribution is -2.64. The lowest BCUT2D eigenvalue weighted by atomic mass is 9.96. The maximum Gasteiger partial charge on any atom is 0.327 e. The second kappa shape index (κ2) is 5.62. The van der Waals surface area contributed by atoms with Crippen molar-refractivity contribution in [3.8, 4) is 0 Å². The number of hydrogen-bond acceptors (Lipinski definition) is 5. The van der Waals surface area contributed by atoms with Gasteiger partial charge >= 0.3 is 5.97 Å². The van der Waals surface area contributed by atoms with Crippen molar-refractivity contribution in [1.29, 1.82) is 0 Å². The van der Waals surface area contributed by atoms with Crippen LogP contribution in [0.15, 0.2) is 0 Å². The van der Waals surface area contributed by atoms with Gasteiger partial charge < -0.3 is 4.74 Å². The summed E-state index contributed by atoms with van der Waals surface area (Å²) in [6.07, 6.45) is 2.33. The van der Waals surface area contributed by atoms with Crippen LogP contribution in [0.5, 0.6) is 0 Å². The number of esters is 1. The summed E-state index contributed by atoms with van der Waals surface area (Å²) in [5.41, 5.74) is -0.448. The number of rotatable bonds is 5. The van der Waals surface area contributed by atoms with Crippen LogP contribution in [0, 0.1) is 0 Å². The number of carbonyl (C=O) groups is 1. The number of methoxy groups -OCH3 is 1. The predicted octanol–water partition coefficient (Wildman–Crippen LogP) is 0.696. The Hall–Kier alpha value is -0.650. The van der Waals surface area contributed by atoms with E-state index in [1.807, 2.05) is 6.92 Å². The van der Waals surface area contributed by atoms with Gasteiger partial charge in [-0.2, -0.15) is 0 Å². The largest absolute Gasteiger partial charge is 0.468 e. The average Bonchev–Trinajstić information content (AvgIpc) is 3.16. The number of likely N-dealkylation sites (N-methyl/N-ethyl adjacent to an activating group) is 1. The third-order valence-electron chi connectivity index (χ3n) is 4.67. The first-order valence-corrected chi connectivity index (χ1v) is 7.56. The van der Waals surface area contributed by atoms with Crippen molar-refractivity contribution in [2.45, 2.75) is 50.7 Å². The monoisotopic (exact) mass is 283 g/mol. The molecule has 0 radical (unpaired) electrons. The molecule has 1 aliphatic heterocycles. The summed E-state index contributed by atoms with van der Waals surface area (Å²) < 4.78 is 5.02. The molecule has 0 bridgehead atoms. The van der Waals surface area contributed by atoms with Gasteiger partial charge in [0.2, 0.25) is 0 Å². The van der Waals surface area contributed by atoms with Gasteiger partial charge in [0.15, 0.2) is 0 Å². The zero-order valence-electron chi connectivity index (χ0n) is 13.5. The Morgan fingerprint density at radius 1 is 1.40 bits per heavy atom. The van der Waals surface area contributed by atoms with E-state index < -0.39 is 5.54 Å². The molecule has 1 heterocycles. The number of hydrogen-bond donors (Lipinski definition) is 1. The molecule has 2 fully saturated rings.